The number of Topliss-reactive ketones (excluding diaryl/α,β-unsaturated/α-hetero) is 1. The molecule has 0 unspecified atom stereocenters. The lowest BCUT2D eigenvalue weighted by molar-refractivity contribution is -0.124. The van der Waals surface area contributed by atoms with Gasteiger partial charge < -0.3 is 0 Å². The van der Waals surface area contributed by atoms with Crippen molar-refractivity contribution in [1.29, 1.82) is 0 Å². The van der Waals surface area contributed by atoms with Crippen LogP contribution in [0.5, 0.6) is 0 Å². The smallest absolute Gasteiger partial charge is 0.157 e. The summed E-state index contributed by atoms with van der Waals surface area (Å²) < 4.78 is 2.64. The molecule has 1 fully saturated rings. The van der Waals surface area contributed by atoms with Crippen molar-refractivity contribution in [2.45, 2.75) is 38.6 Å². The van der Waals surface area contributed by atoms with Gasteiger partial charge in [0, 0.05) is 12.1 Å². The summed E-state index contributed by atoms with van der Waals surface area (Å²) in [5.74, 6) is 0.618. The monoisotopic (exact) mass is 270 g/mol. The highest BCUT2D eigenvalue weighted by Crippen LogP contribution is 2.24. The second-order valence-corrected chi connectivity index (χ2v) is 5.07. The van der Waals surface area contributed by atoms with Crippen molar-refractivity contribution in [2.75, 3.05) is 0 Å². The third-order valence-electron chi connectivity index (χ3n) is 2.98. The van der Waals surface area contributed by atoms with Crippen LogP contribution in [-0.4, -0.2) is 15.6 Å². The largest absolute Gasteiger partial charge is 0.297 e. The van der Waals surface area contributed by atoms with Gasteiger partial charge in [0.15, 0.2) is 5.78 Å². The van der Waals surface area contributed by atoms with E-state index < -0.39 is 0 Å². The number of rotatable bonds is 3. The zero-order chi connectivity index (χ0) is 10.7. The third-order valence-corrected chi connectivity index (χ3v) is 3.39. The fraction of sp³-hybridized carbons (Fsp3) is 0.636. The van der Waals surface area contributed by atoms with Crippen LogP contribution >= 0.6 is 15.9 Å². The van der Waals surface area contributed by atoms with Gasteiger partial charge in [-0.25, -0.2) is 0 Å². The van der Waals surface area contributed by atoms with Crippen LogP contribution in [0, 0.1) is 5.92 Å². The molecule has 0 radical (unpaired) electrons. The van der Waals surface area contributed by atoms with E-state index in [0.29, 0.717) is 12.3 Å². The van der Waals surface area contributed by atoms with E-state index in [1.54, 1.807) is 10.9 Å². The number of hydrogen-bond donors (Lipinski definition) is 0. The maximum Gasteiger partial charge on any atom is 0.157 e. The normalized spacial score (nSPS) is 17.9. The molecule has 1 saturated carbocycles. The van der Waals surface area contributed by atoms with Crippen LogP contribution in [-0.2, 0) is 11.3 Å². The Morgan fingerprint density at radius 1 is 1.47 bits per heavy atom. The van der Waals surface area contributed by atoms with Crippen LogP contribution in [0.2, 0.25) is 0 Å². The minimum Gasteiger partial charge on any atom is -0.297 e. The highest BCUT2D eigenvalue weighted by Gasteiger charge is 2.21. The lowest BCUT2D eigenvalue weighted by atomic mass is 9.86. The fourth-order valence-corrected chi connectivity index (χ4v) is 2.47. The number of aromatic nitrogens is 2. The maximum absolute atomic E-state index is 11.9. The number of carbonyl (C=O) groups is 1. The zero-order valence-electron chi connectivity index (χ0n) is 8.66. The first kappa shape index (κ1) is 10.9. The number of carbonyl (C=O) groups excluding carboxylic acids is 1. The molecule has 0 spiro atoms. The van der Waals surface area contributed by atoms with Crippen molar-refractivity contribution < 1.29 is 4.79 Å². The topological polar surface area (TPSA) is 34.9 Å². The van der Waals surface area contributed by atoms with Crippen molar-refractivity contribution in [2.24, 2.45) is 5.92 Å². The van der Waals surface area contributed by atoms with Gasteiger partial charge in [0.25, 0.3) is 0 Å². The van der Waals surface area contributed by atoms with E-state index in [4.69, 9.17) is 0 Å². The van der Waals surface area contributed by atoms with Crippen LogP contribution in [0.4, 0.5) is 0 Å². The molecule has 0 atom stereocenters. The Labute approximate surface area is 98.0 Å². The number of nitrogens with zero attached hydrogens (tertiary/aromatic N) is 2. The van der Waals surface area contributed by atoms with E-state index in [0.717, 1.165) is 17.3 Å². The lowest BCUT2D eigenvalue weighted by Gasteiger charge is -2.19. The second kappa shape index (κ2) is 4.92. The summed E-state index contributed by atoms with van der Waals surface area (Å²) in [7, 11) is 0. The van der Waals surface area contributed by atoms with Gasteiger partial charge in [-0.05, 0) is 28.8 Å². The van der Waals surface area contributed by atoms with Gasteiger partial charge in [0.2, 0.25) is 0 Å². The highest BCUT2D eigenvalue weighted by molar-refractivity contribution is 9.10. The van der Waals surface area contributed by atoms with Crippen LogP contribution in [0.25, 0.3) is 0 Å². The average molecular weight is 271 g/mol. The standard InChI is InChI=1S/C11H15BrN2O/c12-10-6-13-14(7-10)8-11(15)9-4-2-1-3-5-9/h6-7,9H,1-5,8H2. The van der Waals surface area contributed by atoms with E-state index in [1.165, 1.54) is 19.3 Å². The third kappa shape index (κ3) is 2.91. The van der Waals surface area contributed by atoms with Gasteiger partial charge in [-0.15, -0.1) is 0 Å². The molecule has 0 N–H and O–H groups in total. The minimum absolute atomic E-state index is 0.279. The molecular weight excluding hydrogens is 256 g/mol. The van der Waals surface area contributed by atoms with Gasteiger partial charge >= 0.3 is 0 Å². The summed E-state index contributed by atoms with van der Waals surface area (Å²) in [6.45, 7) is 0.427. The van der Waals surface area contributed by atoms with Gasteiger partial charge in [-0.1, -0.05) is 19.3 Å². The Balaban J connectivity index is 1.91. The Hall–Kier alpha value is -0.640. The molecule has 1 aromatic heterocycles. The molecule has 0 saturated heterocycles. The molecular formula is C11H15BrN2O. The molecule has 1 heterocycles. The van der Waals surface area contributed by atoms with E-state index in [1.807, 2.05) is 6.20 Å². The first-order valence-corrected chi connectivity index (χ1v) is 6.25. The molecule has 0 aliphatic heterocycles. The van der Waals surface area contributed by atoms with Gasteiger partial charge in [-0.3, -0.25) is 9.48 Å². The summed E-state index contributed by atoms with van der Waals surface area (Å²) in [6.07, 6.45) is 9.41. The number of ketones is 1. The van der Waals surface area contributed by atoms with Crippen molar-refractivity contribution in [3.63, 3.8) is 0 Å². The van der Waals surface area contributed by atoms with Crippen LogP contribution in [0.1, 0.15) is 32.1 Å². The molecule has 15 heavy (non-hydrogen) atoms. The van der Waals surface area contributed by atoms with Crippen LogP contribution in [0.15, 0.2) is 16.9 Å². The van der Waals surface area contributed by atoms with E-state index in [-0.39, 0.29) is 5.92 Å². The van der Waals surface area contributed by atoms with Crippen molar-refractivity contribution in [1.82, 2.24) is 9.78 Å². The number of halogens is 1. The molecule has 82 valence electrons. The fourth-order valence-electron chi connectivity index (χ4n) is 2.14. The summed E-state index contributed by atoms with van der Waals surface area (Å²) in [5, 5.41) is 4.10. The minimum atomic E-state index is 0.279. The summed E-state index contributed by atoms with van der Waals surface area (Å²) in [5.41, 5.74) is 0. The molecule has 1 aliphatic rings. The lowest BCUT2D eigenvalue weighted by Crippen LogP contribution is -2.22. The van der Waals surface area contributed by atoms with Gasteiger partial charge in [0.1, 0.15) is 0 Å². The zero-order valence-corrected chi connectivity index (χ0v) is 10.2. The molecule has 0 bridgehead atoms. The van der Waals surface area contributed by atoms with Crippen molar-refractivity contribution in [3.05, 3.63) is 16.9 Å². The Morgan fingerprint density at radius 3 is 2.80 bits per heavy atom. The highest BCUT2D eigenvalue weighted by atomic mass is 79.9. The van der Waals surface area contributed by atoms with Gasteiger partial charge in [-0.2, -0.15) is 5.10 Å². The summed E-state index contributed by atoms with van der Waals surface area (Å²) in [4.78, 5) is 11.9. The molecule has 1 aliphatic carbocycles. The first-order chi connectivity index (χ1) is 7.25. The summed E-state index contributed by atoms with van der Waals surface area (Å²) >= 11 is 3.32. The van der Waals surface area contributed by atoms with E-state index in [2.05, 4.69) is 21.0 Å². The molecule has 1 aromatic rings. The summed E-state index contributed by atoms with van der Waals surface area (Å²) in [6, 6.07) is 0. The van der Waals surface area contributed by atoms with E-state index >= 15 is 0 Å². The van der Waals surface area contributed by atoms with Crippen LogP contribution < -0.4 is 0 Å². The SMILES string of the molecule is O=C(Cn1cc(Br)cn1)C1CCCCC1. The average Bonchev–Trinajstić information content (AvgIpc) is 2.65. The molecule has 0 amide bonds. The first-order valence-electron chi connectivity index (χ1n) is 5.46. The molecule has 2 rings (SSSR count). The predicted molar refractivity (Wildman–Crippen MR) is 61.5 cm³/mol. The van der Waals surface area contributed by atoms with Crippen molar-refractivity contribution >= 4 is 21.7 Å². The van der Waals surface area contributed by atoms with E-state index in [9.17, 15) is 4.79 Å². The second-order valence-electron chi connectivity index (χ2n) is 4.16. The maximum atomic E-state index is 11.9. The molecule has 4 heteroatoms. The number of hydrogen-bond acceptors (Lipinski definition) is 2. The van der Waals surface area contributed by atoms with Crippen molar-refractivity contribution in [3.8, 4) is 0 Å². The Kier molecular flexibility index (Phi) is 3.57. The Morgan fingerprint density at radius 2 is 2.20 bits per heavy atom. The van der Waals surface area contributed by atoms with Crippen LogP contribution in [0.3, 0.4) is 0 Å². The predicted octanol–water partition coefficient (Wildman–Crippen LogP) is 2.80. The Bertz CT molecular complexity index is 342. The van der Waals surface area contributed by atoms with Gasteiger partial charge in [0.05, 0.1) is 17.2 Å². The molecule has 3 nitrogen and oxygen atoms in total. The molecule has 0 aromatic carbocycles. The quantitative estimate of drug-likeness (QED) is 0.847.